The van der Waals surface area contributed by atoms with Crippen LogP contribution in [0.1, 0.15) is 19.3 Å². The van der Waals surface area contributed by atoms with Crippen LogP contribution in [-0.4, -0.2) is 14.3 Å². The molecule has 6 heteroatoms. The Kier molecular flexibility index (Phi) is 2.87. The van der Waals surface area contributed by atoms with Crippen LogP contribution in [0.15, 0.2) is 29.2 Å². The maximum absolute atomic E-state index is 12.1. The number of fused-ring (bicyclic) bond motifs is 1. The third-order valence-corrected chi connectivity index (χ3v) is 4.96. The molecule has 3 rings (SSSR count). The molecule has 0 heterocycles. The fraction of sp³-hybridized carbons (Fsp3) is 0.462. The van der Waals surface area contributed by atoms with Crippen LogP contribution < -0.4 is 10.5 Å². The number of hydrogen-bond acceptors (Lipinski definition) is 3. The van der Waals surface area contributed by atoms with Crippen molar-refractivity contribution in [2.24, 2.45) is 22.9 Å². The first-order chi connectivity index (χ1) is 8.93. The second-order valence-corrected chi connectivity index (χ2v) is 7.05. The van der Waals surface area contributed by atoms with Gasteiger partial charge in [-0.25, -0.2) is 13.6 Å². The monoisotopic (exact) mass is 280 g/mol. The average molecular weight is 280 g/mol. The Morgan fingerprint density at radius 2 is 1.89 bits per heavy atom. The summed E-state index contributed by atoms with van der Waals surface area (Å²) in [5.41, 5.74) is 0.483. The van der Waals surface area contributed by atoms with Gasteiger partial charge in [0.25, 0.3) is 0 Å². The van der Waals surface area contributed by atoms with Gasteiger partial charge in [0.05, 0.1) is 4.90 Å². The van der Waals surface area contributed by atoms with Crippen molar-refractivity contribution in [1.29, 1.82) is 0 Å². The number of amides is 1. The minimum atomic E-state index is -3.73. The van der Waals surface area contributed by atoms with Crippen LogP contribution in [0, 0.1) is 17.8 Å². The molecule has 0 spiro atoms. The molecule has 2 atom stereocenters. The summed E-state index contributed by atoms with van der Waals surface area (Å²) < 4.78 is 22.5. The van der Waals surface area contributed by atoms with E-state index in [0.717, 1.165) is 24.7 Å². The number of nitrogens with one attached hydrogen (secondary N) is 1. The number of primary sulfonamides is 1. The zero-order valence-corrected chi connectivity index (χ0v) is 11.2. The Morgan fingerprint density at radius 3 is 2.53 bits per heavy atom. The maximum Gasteiger partial charge on any atom is 0.238 e. The van der Waals surface area contributed by atoms with Crippen molar-refractivity contribution in [3.63, 3.8) is 0 Å². The van der Waals surface area contributed by atoms with E-state index >= 15 is 0 Å². The van der Waals surface area contributed by atoms with Crippen LogP contribution in [0.5, 0.6) is 0 Å². The van der Waals surface area contributed by atoms with E-state index in [9.17, 15) is 13.2 Å². The van der Waals surface area contributed by atoms with Gasteiger partial charge < -0.3 is 5.32 Å². The van der Waals surface area contributed by atoms with Crippen molar-refractivity contribution in [3.8, 4) is 0 Å². The van der Waals surface area contributed by atoms with E-state index in [-0.39, 0.29) is 16.7 Å². The van der Waals surface area contributed by atoms with Crippen LogP contribution in [0.3, 0.4) is 0 Å². The Balaban J connectivity index is 1.71. The molecule has 0 aliphatic heterocycles. The van der Waals surface area contributed by atoms with E-state index in [1.807, 2.05) is 0 Å². The van der Waals surface area contributed by atoms with Gasteiger partial charge in [-0.3, -0.25) is 4.79 Å². The van der Waals surface area contributed by atoms with Crippen molar-refractivity contribution in [2.75, 3.05) is 5.32 Å². The molecule has 3 N–H and O–H groups in total. The normalized spacial score (nSPS) is 28.8. The molecule has 2 aliphatic rings. The molecule has 102 valence electrons. The Bertz CT molecular complexity index is 617. The highest BCUT2D eigenvalue weighted by molar-refractivity contribution is 7.89. The summed E-state index contributed by atoms with van der Waals surface area (Å²) in [7, 11) is -3.73. The smallest absolute Gasteiger partial charge is 0.238 e. The van der Waals surface area contributed by atoms with Crippen LogP contribution in [0.25, 0.3) is 0 Å². The SMILES string of the molecule is NS(=O)(=O)c1cccc(NC(=O)C2CC3CC3C2)c1. The second-order valence-electron chi connectivity index (χ2n) is 5.49. The number of hydrogen-bond donors (Lipinski definition) is 2. The first-order valence-electron chi connectivity index (χ1n) is 6.37. The van der Waals surface area contributed by atoms with Gasteiger partial charge >= 0.3 is 0 Å². The third kappa shape index (κ3) is 2.64. The van der Waals surface area contributed by atoms with Gasteiger partial charge in [-0.15, -0.1) is 0 Å². The van der Waals surface area contributed by atoms with E-state index in [0.29, 0.717) is 5.69 Å². The number of carbonyl (C=O) groups is 1. The molecular weight excluding hydrogens is 264 g/mol. The summed E-state index contributed by atoms with van der Waals surface area (Å²) in [5.74, 6) is 1.54. The predicted octanol–water partition coefficient (Wildman–Crippen LogP) is 1.32. The fourth-order valence-electron chi connectivity index (χ4n) is 2.92. The number of rotatable bonds is 3. The molecule has 0 aromatic heterocycles. The quantitative estimate of drug-likeness (QED) is 0.875. The third-order valence-electron chi connectivity index (χ3n) is 4.04. The Hall–Kier alpha value is -1.40. The van der Waals surface area contributed by atoms with Crippen molar-refractivity contribution >= 4 is 21.6 Å². The predicted molar refractivity (Wildman–Crippen MR) is 70.8 cm³/mol. The summed E-state index contributed by atoms with van der Waals surface area (Å²) in [6, 6.07) is 6.04. The van der Waals surface area contributed by atoms with E-state index in [1.165, 1.54) is 18.6 Å². The first kappa shape index (κ1) is 12.6. The summed E-state index contributed by atoms with van der Waals surface area (Å²) in [5, 5.41) is 7.84. The molecule has 5 nitrogen and oxygen atoms in total. The largest absolute Gasteiger partial charge is 0.326 e. The zero-order valence-electron chi connectivity index (χ0n) is 10.4. The highest BCUT2D eigenvalue weighted by Crippen LogP contribution is 2.54. The van der Waals surface area contributed by atoms with Gasteiger partial charge in [0, 0.05) is 11.6 Å². The van der Waals surface area contributed by atoms with Gasteiger partial charge in [-0.2, -0.15) is 0 Å². The van der Waals surface area contributed by atoms with Crippen LogP contribution in [0.4, 0.5) is 5.69 Å². The van der Waals surface area contributed by atoms with Crippen LogP contribution in [0.2, 0.25) is 0 Å². The minimum Gasteiger partial charge on any atom is -0.326 e. The van der Waals surface area contributed by atoms with E-state index in [4.69, 9.17) is 5.14 Å². The lowest BCUT2D eigenvalue weighted by molar-refractivity contribution is -0.120. The highest BCUT2D eigenvalue weighted by atomic mass is 32.2. The van der Waals surface area contributed by atoms with Crippen molar-refractivity contribution in [3.05, 3.63) is 24.3 Å². The number of sulfonamides is 1. The van der Waals surface area contributed by atoms with Gasteiger partial charge in [0.15, 0.2) is 0 Å². The van der Waals surface area contributed by atoms with E-state index in [1.54, 1.807) is 12.1 Å². The molecule has 1 aromatic rings. The van der Waals surface area contributed by atoms with Gasteiger partial charge in [0.2, 0.25) is 15.9 Å². The number of benzene rings is 1. The van der Waals surface area contributed by atoms with E-state index < -0.39 is 10.0 Å². The zero-order chi connectivity index (χ0) is 13.6. The second kappa shape index (κ2) is 4.31. The summed E-state index contributed by atoms with van der Waals surface area (Å²) in [4.78, 5) is 12.1. The maximum atomic E-state index is 12.1. The van der Waals surface area contributed by atoms with Crippen LogP contribution in [-0.2, 0) is 14.8 Å². The highest BCUT2D eigenvalue weighted by Gasteiger charge is 2.47. The molecule has 0 radical (unpaired) electrons. The van der Waals surface area contributed by atoms with Gasteiger partial charge in [-0.1, -0.05) is 6.07 Å². The summed E-state index contributed by atoms with van der Waals surface area (Å²) in [6.45, 7) is 0. The molecule has 2 unspecified atom stereocenters. The average Bonchev–Trinajstić information content (AvgIpc) is 2.95. The van der Waals surface area contributed by atoms with Gasteiger partial charge in [0.1, 0.15) is 0 Å². The number of carbonyl (C=O) groups excluding carboxylic acids is 1. The Morgan fingerprint density at radius 1 is 1.21 bits per heavy atom. The number of nitrogens with two attached hydrogens (primary N) is 1. The molecule has 0 bridgehead atoms. The number of anilines is 1. The van der Waals surface area contributed by atoms with Crippen LogP contribution >= 0.6 is 0 Å². The molecule has 1 aromatic carbocycles. The summed E-state index contributed by atoms with van der Waals surface area (Å²) >= 11 is 0. The van der Waals surface area contributed by atoms with Crippen molar-refractivity contribution in [2.45, 2.75) is 24.2 Å². The summed E-state index contributed by atoms with van der Waals surface area (Å²) in [6.07, 6.45) is 3.20. The minimum absolute atomic E-state index is 0.0135. The lowest BCUT2D eigenvalue weighted by Gasteiger charge is -2.12. The molecule has 19 heavy (non-hydrogen) atoms. The van der Waals surface area contributed by atoms with Crippen molar-refractivity contribution < 1.29 is 13.2 Å². The molecule has 2 fully saturated rings. The molecule has 0 saturated heterocycles. The molecule has 2 aliphatic carbocycles. The molecule has 1 amide bonds. The lowest BCUT2D eigenvalue weighted by Crippen LogP contribution is -2.22. The Labute approximate surface area is 112 Å². The molecule has 2 saturated carbocycles. The van der Waals surface area contributed by atoms with E-state index in [2.05, 4.69) is 5.32 Å². The van der Waals surface area contributed by atoms with Crippen molar-refractivity contribution in [1.82, 2.24) is 0 Å². The van der Waals surface area contributed by atoms with Gasteiger partial charge in [-0.05, 0) is 49.3 Å². The topological polar surface area (TPSA) is 89.3 Å². The standard InChI is InChI=1S/C13H16N2O3S/c14-19(17,18)12-3-1-2-11(7-12)15-13(16)10-5-8-4-9(8)6-10/h1-3,7-10H,4-6H2,(H,15,16)(H2,14,17,18). The fourth-order valence-corrected chi connectivity index (χ4v) is 3.48. The lowest BCUT2D eigenvalue weighted by atomic mass is 10.0. The molecular formula is C13H16N2O3S. The first-order valence-corrected chi connectivity index (χ1v) is 7.92.